The third kappa shape index (κ3) is 11.4. The number of amides is 1. The SMILES string of the molecule is CCCCCCCCCCCCNC(=O)c1ccc(CN(OC(C)=O)C(CC)c2ccccc2)cc1. The molecular weight excluding hydrogens is 448 g/mol. The Morgan fingerprint density at radius 3 is 1.94 bits per heavy atom. The Kier molecular flexibility index (Phi) is 14.6. The molecule has 0 bridgehead atoms. The smallest absolute Gasteiger partial charge is 0.322 e. The van der Waals surface area contributed by atoms with Gasteiger partial charge in [0.05, 0.1) is 12.6 Å². The summed E-state index contributed by atoms with van der Waals surface area (Å²) in [4.78, 5) is 29.9. The molecule has 0 fully saturated rings. The van der Waals surface area contributed by atoms with E-state index in [1.165, 1.54) is 64.7 Å². The molecule has 1 unspecified atom stereocenters. The Morgan fingerprint density at radius 1 is 0.806 bits per heavy atom. The van der Waals surface area contributed by atoms with Gasteiger partial charge in [-0.15, -0.1) is 5.06 Å². The second-order valence-electron chi connectivity index (χ2n) is 9.63. The summed E-state index contributed by atoms with van der Waals surface area (Å²) in [7, 11) is 0. The number of hydroxylamine groups is 2. The molecular formula is C31H46N2O3. The first-order chi connectivity index (χ1) is 17.5. The lowest BCUT2D eigenvalue weighted by atomic mass is 10.0. The van der Waals surface area contributed by atoms with E-state index in [9.17, 15) is 9.59 Å². The van der Waals surface area contributed by atoms with Crippen molar-refractivity contribution in [1.82, 2.24) is 10.4 Å². The largest absolute Gasteiger partial charge is 0.367 e. The summed E-state index contributed by atoms with van der Waals surface area (Å²) in [6.07, 6.45) is 13.6. The number of carbonyl (C=O) groups is 2. The van der Waals surface area contributed by atoms with Crippen LogP contribution in [0.1, 0.15) is 119 Å². The lowest BCUT2D eigenvalue weighted by molar-refractivity contribution is -0.205. The maximum atomic E-state index is 12.5. The molecule has 0 aliphatic carbocycles. The first kappa shape index (κ1) is 29.6. The van der Waals surface area contributed by atoms with Gasteiger partial charge < -0.3 is 10.2 Å². The van der Waals surface area contributed by atoms with Crippen LogP contribution in [0.3, 0.4) is 0 Å². The summed E-state index contributed by atoms with van der Waals surface area (Å²) in [6, 6.07) is 17.6. The van der Waals surface area contributed by atoms with Crippen LogP contribution in [0.5, 0.6) is 0 Å². The zero-order valence-corrected chi connectivity index (χ0v) is 22.6. The number of carbonyl (C=O) groups excluding carboxylic acids is 2. The molecule has 2 rings (SSSR count). The molecule has 5 nitrogen and oxygen atoms in total. The molecule has 1 N–H and O–H groups in total. The van der Waals surface area contributed by atoms with Crippen molar-refractivity contribution in [3.8, 4) is 0 Å². The summed E-state index contributed by atoms with van der Waals surface area (Å²) in [6.45, 7) is 6.92. The van der Waals surface area contributed by atoms with Gasteiger partial charge in [0.1, 0.15) is 0 Å². The number of benzene rings is 2. The minimum atomic E-state index is -0.340. The van der Waals surface area contributed by atoms with Gasteiger partial charge in [-0.25, -0.2) is 0 Å². The molecule has 0 aliphatic rings. The third-order valence-electron chi connectivity index (χ3n) is 6.53. The topological polar surface area (TPSA) is 58.6 Å². The number of nitrogens with one attached hydrogen (secondary N) is 1. The number of hydrogen-bond donors (Lipinski definition) is 1. The van der Waals surface area contributed by atoms with Gasteiger partial charge in [-0.3, -0.25) is 9.59 Å². The highest BCUT2D eigenvalue weighted by Crippen LogP contribution is 2.26. The average molecular weight is 495 g/mol. The van der Waals surface area contributed by atoms with Crippen LogP contribution in [0.15, 0.2) is 54.6 Å². The fraction of sp³-hybridized carbons (Fsp3) is 0.548. The third-order valence-corrected chi connectivity index (χ3v) is 6.53. The molecule has 198 valence electrons. The van der Waals surface area contributed by atoms with E-state index in [-0.39, 0.29) is 17.9 Å². The van der Waals surface area contributed by atoms with Crippen molar-refractivity contribution >= 4 is 11.9 Å². The normalized spacial score (nSPS) is 11.9. The highest BCUT2D eigenvalue weighted by atomic mass is 16.7. The summed E-state index contributed by atoms with van der Waals surface area (Å²) in [5, 5.41) is 4.77. The van der Waals surface area contributed by atoms with Crippen molar-refractivity contribution in [2.45, 2.75) is 104 Å². The minimum absolute atomic E-state index is 0.0370. The molecule has 5 heteroatoms. The van der Waals surface area contributed by atoms with E-state index in [1.54, 1.807) is 5.06 Å². The maximum absolute atomic E-state index is 12.5. The summed E-state index contributed by atoms with van der Waals surface area (Å²) < 4.78 is 0. The second kappa shape index (κ2) is 17.7. The van der Waals surface area contributed by atoms with E-state index in [4.69, 9.17) is 4.84 Å². The van der Waals surface area contributed by atoms with Crippen molar-refractivity contribution in [1.29, 1.82) is 0 Å². The first-order valence-electron chi connectivity index (χ1n) is 13.9. The molecule has 0 aromatic heterocycles. The Hall–Kier alpha value is -2.66. The molecule has 0 radical (unpaired) electrons. The fourth-order valence-electron chi connectivity index (χ4n) is 4.51. The Labute approximate surface area is 218 Å². The van der Waals surface area contributed by atoms with Gasteiger partial charge in [-0.1, -0.05) is 114 Å². The molecule has 1 atom stereocenters. The molecule has 36 heavy (non-hydrogen) atoms. The highest BCUT2D eigenvalue weighted by Gasteiger charge is 2.22. The molecule has 2 aromatic rings. The monoisotopic (exact) mass is 494 g/mol. The molecule has 2 aromatic carbocycles. The minimum Gasteiger partial charge on any atom is -0.367 e. The first-order valence-corrected chi connectivity index (χ1v) is 13.9. The Balaban J connectivity index is 1.76. The summed E-state index contributed by atoms with van der Waals surface area (Å²) >= 11 is 0. The molecule has 0 saturated heterocycles. The van der Waals surface area contributed by atoms with Crippen molar-refractivity contribution in [3.63, 3.8) is 0 Å². The van der Waals surface area contributed by atoms with Gasteiger partial charge in [0, 0.05) is 19.0 Å². The number of unbranched alkanes of at least 4 members (excludes halogenated alkanes) is 9. The molecule has 1 amide bonds. The zero-order chi connectivity index (χ0) is 26.0. The van der Waals surface area contributed by atoms with Crippen molar-refractivity contribution in [2.75, 3.05) is 6.54 Å². The van der Waals surface area contributed by atoms with Gasteiger partial charge in [0.25, 0.3) is 5.91 Å². The van der Waals surface area contributed by atoms with Gasteiger partial charge in [0.2, 0.25) is 0 Å². The predicted octanol–water partition coefficient (Wildman–Crippen LogP) is 7.77. The van der Waals surface area contributed by atoms with E-state index in [0.29, 0.717) is 18.7 Å². The fourth-order valence-corrected chi connectivity index (χ4v) is 4.51. The van der Waals surface area contributed by atoms with E-state index < -0.39 is 0 Å². The number of rotatable bonds is 18. The number of hydrogen-bond acceptors (Lipinski definition) is 4. The van der Waals surface area contributed by atoms with E-state index in [1.807, 2.05) is 54.6 Å². The Morgan fingerprint density at radius 2 is 1.39 bits per heavy atom. The molecule has 0 spiro atoms. The maximum Gasteiger partial charge on any atom is 0.322 e. The molecule has 0 aliphatic heterocycles. The predicted molar refractivity (Wildman–Crippen MR) is 147 cm³/mol. The van der Waals surface area contributed by atoms with Gasteiger partial charge in [0.15, 0.2) is 0 Å². The van der Waals surface area contributed by atoms with E-state index in [2.05, 4.69) is 19.2 Å². The van der Waals surface area contributed by atoms with Crippen LogP contribution >= 0.6 is 0 Å². The summed E-state index contributed by atoms with van der Waals surface area (Å²) in [5.74, 6) is -0.377. The van der Waals surface area contributed by atoms with E-state index in [0.717, 1.165) is 24.0 Å². The summed E-state index contributed by atoms with van der Waals surface area (Å²) in [5.41, 5.74) is 2.74. The van der Waals surface area contributed by atoms with Gasteiger partial charge >= 0.3 is 5.97 Å². The standard InChI is InChI=1S/C31H46N2O3/c1-4-6-7-8-9-10-11-12-13-17-24-32-31(35)29-22-20-27(21-23-29)25-33(36-26(3)34)30(5-2)28-18-15-14-16-19-28/h14-16,18-23,30H,4-13,17,24-25H2,1-3H3,(H,32,35). The number of nitrogens with zero attached hydrogens (tertiary/aromatic N) is 1. The van der Waals surface area contributed by atoms with Crippen LogP contribution in [-0.4, -0.2) is 23.5 Å². The zero-order valence-electron chi connectivity index (χ0n) is 22.6. The lowest BCUT2D eigenvalue weighted by Gasteiger charge is -2.29. The van der Waals surface area contributed by atoms with Crippen molar-refractivity contribution in [2.24, 2.45) is 0 Å². The lowest BCUT2D eigenvalue weighted by Crippen LogP contribution is -2.30. The molecule has 0 saturated carbocycles. The molecule has 0 heterocycles. The van der Waals surface area contributed by atoms with Crippen LogP contribution in [0.4, 0.5) is 0 Å². The van der Waals surface area contributed by atoms with Gasteiger partial charge in [-0.05, 0) is 36.1 Å². The van der Waals surface area contributed by atoms with Crippen LogP contribution in [0.2, 0.25) is 0 Å². The van der Waals surface area contributed by atoms with Crippen LogP contribution in [-0.2, 0) is 16.2 Å². The van der Waals surface area contributed by atoms with Gasteiger partial charge in [-0.2, -0.15) is 0 Å². The van der Waals surface area contributed by atoms with Crippen LogP contribution < -0.4 is 5.32 Å². The van der Waals surface area contributed by atoms with Crippen molar-refractivity contribution in [3.05, 3.63) is 71.3 Å². The quantitative estimate of drug-likeness (QED) is 0.170. The van der Waals surface area contributed by atoms with Crippen molar-refractivity contribution < 1.29 is 14.4 Å². The second-order valence-corrected chi connectivity index (χ2v) is 9.63. The average Bonchev–Trinajstić information content (AvgIpc) is 2.88. The highest BCUT2D eigenvalue weighted by molar-refractivity contribution is 5.94. The van der Waals surface area contributed by atoms with Crippen LogP contribution in [0, 0.1) is 0 Å². The van der Waals surface area contributed by atoms with Crippen LogP contribution in [0.25, 0.3) is 0 Å². The van der Waals surface area contributed by atoms with E-state index >= 15 is 0 Å². The Bertz CT molecular complexity index is 867.